The lowest BCUT2D eigenvalue weighted by Gasteiger charge is -2.30. The van der Waals surface area contributed by atoms with Crippen molar-refractivity contribution in [3.05, 3.63) is 87.5 Å². The fourth-order valence-electron chi connectivity index (χ4n) is 5.67. The third-order valence-electron chi connectivity index (χ3n) is 7.26. The van der Waals surface area contributed by atoms with Crippen molar-refractivity contribution < 1.29 is 0 Å². The Balaban J connectivity index is 2.09. The number of hydrogen-bond donors (Lipinski definition) is 0. The predicted molar refractivity (Wildman–Crippen MR) is 161 cm³/mol. The van der Waals surface area contributed by atoms with Crippen LogP contribution in [0.15, 0.2) is 48.5 Å². The summed E-state index contributed by atoms with van der Waals surface area (Å²) < 4.78 is 0. The number of aryl methyl sites for hydroxylation is 7. The number of nitrogens with zero attached hydrogens (tertiary/aromatic N) is 1. The smallest absolute Gasteiger partial charge is 0.0520 e. The van der Waals surface area contributed by atoms with Gasteiger partial charge in [-0.25, -0.2) is 0 Å². The van der Waals surface area contributed by atoms with Gasteiger partial charge in [0.1, 0.15) is 0 Å². The van der Waals surface area contributed by atoms with Crippen molar-refractivity contribution in [3.8, 4) is 0 Å². The van der Waals surface area contributed by atoms with Gasteiger partial charge in [-0.15, -0.1) is 0 Å². The third kappa shape index (κ3) is 7.73. The molecule has 0 bridgehead atoms. The average Bonchev–Trinajstić information content (AvgIpc) is 2.81. The molecule has 0 aliphatic carbocycles. The van der Waals surface area contributed by atoms with Crippen LogP contribution in [0.4, 0.5) is 17.1 Å². The quantitative estimate of drug-likeness (QED) is 0.218. The van der Waals surface area contributed by atoms with E-state index < -0.39 is 0 Å². The molecule has 0 heterocycles. The number of hydrogen-bond acceptors (Lipinski definition) is 1. The van der Waals surface area contributed by atoms with E-state index in [1.807, 2.05) is 0 Å². The second-order valence-corrected chi connectivity index (χ2v) is 11.1. The highest BCUT2D eigenvalue weighted by Gasteiger charge is 2.19. The lowest BCUT2D eigenvalue weighted by molar-refractivity contribution is 0.666. The maximum atomic E-state index is 2.54. The first-order valence-electron chi connectivity index (χ1n) is 14.4. The first-order chi connectivity index (χ1) is 17.3. The lowest BCUT2D eigenvalue weighted by atomic mass is 9.98. The average molecular weight is 484 g/mol. The standard InChI is InChI=1S/C35H49N/c1-8-10-12-14-16-31-20-27(4)22-33(24-31)36(35-29(6)18-26(3)19-30(35)7)34-23-28(5)21-32(25-34)17-15-13-11-9-2/h18-25H,8-17H2,1-7H3. The molecule has 0 amide bonds. The summed E-state index contributed by atoms with van der Waals surface area (Å²) in [4.78, 5) is 2.54. The molecular formula is C35H49N. The van der Waals surface area contributed by atoms with Crippen molar-refractivity contribution in [2.75, 3.05) is 4.90 Å². The molecule has 0 aliphatic rings. The van der Waals surface area contributed by atoms with Gasteiger partial charge in [-0.1, -0.05) is 82.2 Å². The van der Waals surface area contributed by atoms with Crippen LogP contribution in [0.3, 0.4) is 0 Å². The Morgan fingerprint density at radius 2 is 0.889 bits per heavy atom. The van der Waals surface area contributed by atoms with Crippen LogP contribution in [-0.2, 0) is 12.8 Å². The summed E-state index contributed by atoms with van der Waals surface area (Å²) in [6, 6.07) is 19.1. The van der Waals surface area contributed by atoms with E-state index in [0.717, 1.165) is 12.8 Å². The Bertz CT molecular complexity index is 1040. The van der Waals surface area contributed by atoms with Gasteiger partial charge in [0.15, 0.2) is 0 Å². The zero-order valence-corrected chi connectivity index (χ0v) is 24.1. The largest absolute Gasteiger partial charge is 0.310 e. The van der Waals surface area contributed by atoms with Gasteiger partial charge in [0.2, 0.25) is 0 Å². The van der Waals surface area contributed by atoms with Crippen molar-refractivity contribution in [2.45, 2.75) is 113 Å². The molecule has 0 spiro atoms. The van der Waals surface area contributed by atoms with Crippen molar-refractivity contribution >= 4 is 17.1 Å². The molecule has 0 N–H and O–H groups in total. The van der Waals surface area contributed by atoms with Crippen LogP contribution >= 0.6 is 0 Å². The van der Waals surface area contributed by atoms with Gasteiger partial charge < -0.3 is 4.90 Å². The monoisotopic (exact) mass is 483 g/mol. The van der Waals surface area contributed by atoms with E-state index in [1.165, 1.54) is 107 Å². The van der Waals surface area contributed by atoms with Crippen LogP contribution in [0.25, 0.3) is 0 Å². The molecule has 0 aromatic heterocycles. The molecule has 0 fully saturated rings. The first-order valence-corrected chi connectivity index (χ1v) is 14.4. The van der Waals surface area contributed by atoms with Gasteiger partial charge in [-0.2, -0.15) is 0 Å². The van der Waals surface area contributed by atoms with Crippen molar-refractivity contribution in [1.82, 2.24) is 0 Å². The zero-order chi connectivity index (χ0) is 26.1. The molecule has 0 radical (unpaired) electrons. The van der Waals surface area contributed by atoms with E-state index in [1.54, 1.807) is 0 Å². The summed E-state index contributed by atoms with van der Waals surface area (Å²) in [5.41, 5.74) is 13.5. The molecule has 0 aliphatic heterocycles. The molecule has 194 valence electrons. The van der Waals surface area contributed by atoms with E-state index in [2.05, 4.69) is 102 Å². The van der Waals surface area contributed by atoms with Crippen LogP contribution in [0, 0.1) is 34.6 Å². The Morgan fingerprint density at radius 3 is 1.31 bits per heavy atom. The summed E-state index contributed by atoms with van der Waals surface area (Å²) in [7, 11) is 0. The van der Waals surface area contributed by atoms with Gasteiger partial charge >= 0.3 is 0 Å². The maximum Gasteiger partial charge on any atom is 0.0520 e. The zero-order valence-electron chi connectivity index (χ0n) is 24.1. The number of benzene rings is 3. The minimum absolute atomic E-state index is 1.16. The summed E-state index contributed by atoms with van der Waals surface area (Å²) in [5.74, 6) is 0. The SMILES string of the molecule is CCCCCCc1cc(C)cc(N(c2cc(C)cc(CCCCCC)c2)c2c(C)cc(C)cc2C)c1. The number of unbranched alkanes of at least 4 members (excludes halogenated alkanes) is 6. The van der Waals surface area contributed by atoms with Crippen LogP contribution in [0.2, 0.25) is 0 Å². The van der Waals surface area contributed by atoms with Crippen molar-refractivity contribution in [3.63, 3.8) is 0 Å². The van der Waals surface area contributed by atoms with E-state index in [9.17, 15) is 0 Å². The Kier molecular flexibility index (Phi) is 10.7. The molecule has 0 saturated heterocycles. The summed E-state index contributed by atoms with van der Waals surface area (Å²) in [6.07, 6.45) is 12.7. The molecule has 0 unspecified atom stereocenters. The number of anilines is 3. The normalized spacial score (nSPS) is 11.2. The van der Waals surface area contributed by atoms with Crippen molar-refractivity contribution in [1.29, 1.82) is 0 Å². The van der Waals surface area contributed by atoms with E-state index in [4.69, 9.17) is 0 Å². The van der Waals surface area contributed by atoms with E-state index >= 15 is 0 Å². The molecule has 36 heavy (non-hydrogen) atoms. The van der Waals surface area contributed by atoms with E-state index in [0.29, 0.717) is 0 Å². The molecule has 1 nitrogen and oxygen atoms in total. The molecule has 3 rings (SSSR count). The molecule has 0 saturated carbocycles. The second-order valence-electron chi connectivity index (χ2n) is 11.1. The van der Waals surface area contributed by atoms with Gasteiger partial charge in [0, 0.05) is 11.4 Å². The van der Waals surface area contributed by atoms with Gasteiger partial charge in [0.25, 0.3) is 0 Å². The fourth-order valence-corrected chi connectivity index (χ4v) is 5.67. The second kappa shape index (κ2) is 13.7. The van der Waals surface area contributed by atoms with Crippen LogP contribution in [0.5, 0.6) is 0 Å². The molecule has 1 heteroatoms. The first kappa shape index (κ1) is 28.0. The lowest BCUT2D eigenvalue weighted by Crippen LogP contribution is -2.14. The van der Waals surface area contributed by atoms with Crippen LogP contribution in [-0.4, -0.2) is 0 Å². The number of rotatable bonds is 13. The van der Waals surface area contributed by atoms with Gasteiger partial charge in [0.05, 0.1) is 5.69 Å². The Hall–Kier alpha value is -2.54. The molecule has 3 aromatic carbocycles. The summed E-state index contributed by atoms with van der Waals surface area (Å²) in [5, 5.41) is 0. The molecule has 0 atom stereocenters. The van der Waals surface area contributed by atoms with E-state index in [-0.39, 0.29) is 0 Å². The highest BCUT2D eigenvalue weighted by Crippen LogP contribution is 2.40. The summed E-state index contributed by atoms with van der Waals surface area (Å²) in [6.45, 7) is 15.8. The minimum Gasteiger partial charge on any atom is -0.310 e. The van der Waals surface area contributed by atoms with Crippen LogP contribution in [0.1, 0.15) is 104 Å². The van der Waals surface area contributed by atoms with Gasteiger partial charge in [-0.05, 0) is 118 Å². The Morgan fingerprint density at radius 1 is 0.472 bits per heavy atom. The molecule has 3 aromatic rings. The highest BCUT2D eigenvalue weighted by molar-refractivity contribution is 5.81. The minimum atomic E-state index is 1.16. The Labute approximate surface area is 222 Å². The summed E-state index contributed by atoms with van der Waals surface area (Å²) >= 11 is 0. The molecular weight excluding hydrogens is 434 g/mol. The topological polar surface area (TPSA) is 3.24 Å². The van der Waals surface area contributed by atoms with Crippen molar-refractivity contribution in [2.24, 2.45) is 0 Å². The third-order valence-corrected chi connectivity index (χ3v) is 7.26. The van der Waals surface area contributed by atoms with Gasteiger partial charge in [-0.3, -0.25) is 0 Å². The van der Waals surface area contributed by atoms with Crippen LogP contribution < -0.4 is 4.90 Å². The fraction of sp³-hybridized carbons (Fsp3) is 0.486. The predicted octanol–water partition coefficient (Wildman–Crippen LogP) is 10.9. The highest BCUT2D eigenvalue weighted by atomic mass is 15.1. The maximum absolute atomic E-state index is 2.54.